The fourth-order valence-electron chi connectivity index (χ4n) is 3.32. The first-order chi connectivity index (χ1) is 12.9. The van der Waals surface area contributed by atoms with Crippen molar-refractivity contribution in [2.75, 3.05) is 31.6 Å². The molecule has 4 heterocycles. The van der Waals surface area contributed by atoms with Crippen LogP contribution in [0.15, 0.2) is 22.8 Å². The highest BCUT2D eigenvalue weighted by Gasteiger charge is 2.48. The summed E-state index contributed by atoms with van der Waals surface area (Å²) in [6.45, 7) is 1.40. The summed E-state index contributed by atoms with van der Waals surface area (Å²) in [7, 11) is 0. The number of rotatable bonds is 2. The van der Waals surface area contributed by atoms with E-state index in [1.807, 2.05) is 0 Å². The molecule has 2 aliphatic rings. The van der Waals surface area contributed by atoms with Gasteiger partial charge in [0.15, 0.2) is 11.7 Å². The number of anilines is 1. The van der Waals surface area contributed by atoms with Gasteiger partial charge in [-0.25, -0.2) is 4.68 Å². The minimum atomic E-state index is -4.56. The number of hydrogen-bond donors (Lipinski definition) is 1. The quantitative estimate of drug-likeness (QED) is 0.831. The maximum Gasteiger partial charge on any atom is 0.410 e. The standard InChI is InChI=1S/C16H16ClF3N4O3/c17-12-13(15(25)23-3-6-26-7-4-23)22-24-11(16(18,19)20)8-9(21-14(12)24)10-2-1-5-27-10/h1-2,5,9,11,21H,3-4,6-8H2/t9-,11-/m1/s1. The van der Waals surface area contributed by atoms with Crippen molar-refractivity contribution < 1.29 is 27.1 Å². The Hall–Kier alpha value is -2.20. The van der Waals surface area contributed by atoms with Crippen LogP contribution in [0.5, 0.6) is 0 Å². The Morgan fingerprint density at radius 3 is 2.70 bits per heavy atom. The van der Waals surface area contributed by atoms with Crippen LogP contribution in [0.4, 0.5) is 19.0 Å². The second kappa shape index (κ2) is 6.75. The summed E-state index contributed by atoms with van der Waals surface area (Å²) >= 11 is 6.28. The molecule has 27 heavy (non-hydrogen) atoms. The Morgan fingerprint density at radius 2 is 2.07 bits per heavy atom. The minimum absolute atomic E-state index is 0.0387. The average molecular weight is 405 g/mol. The number of nitrogens with one attached hydrogen (secondary N) is 1. The van der Waals surface area contributed by atoms with Gasteiger partial charge in [0, 0.05) is 19.5 Å². The molecule has 2 aromatic heterocycles. The van der Waals surface area contributed by atoms with E-state index in [2.05, 4.69) is 10.4 Å². The second-order valence-electron chi connectivity index (χ2n) is 6.37. The van der Waals surface area contributed by atoms with Gasteiger partial charge in [-0.1, -0.05) is 11.6 Å². The van der Waals surface area contributed by atoms with Gasteiger partial charge in [-0.2, -0.15) is 18.3 Å². The third-order valence-corrected chi connectivity index (χ3v) is 5.04. The van der Waals surface area contributed by atoms with Gasteiger partial charge >= 0.3 is 6.18 Å². The monoisotopic (exact) mass is 404 g/mol. The van der Waals surface area contributed by atoms with Crippen LogP contribution < -0.4 is 5.32 Å². The summed E-state index contributed by atoms with van der Waals surface area (Å²) in [6, 6.07) is 0.526. The van der Waals surface area contributed by atoms with Crippen molar-refractivity contribution in [2.45, 2.75) is 24.7 Å². The number of ether oxygens (including phenoxy) is 1. The number of hydrogen-bond acceptors (Lipinski definition) is 5. The largest absolute Gasteiger partial charge is 0.467 e. The number of alkyl halides is 3. The first kappa shape index (κ1) is 18.2. The Bertz CT molecular complexity index is 831. The van der Waals surface area contributed by atoms with Gasteiger partial charge in [0.25, 0.3) is 5.91 Å². The second-order valence-corrected chi connectivity index (χ2v) is 6.74. The minimum Gasteiger partial charge on any atom is -0.467 e. The number of fused-ring (bicyclic) bond motifs is 1. The van der Waals surface area contributed by atoms with Gasteiger partial charge in [0.1, 0.15) is 16.6 Å². The van der Waals surface area contributed by atoms with Crippen LogP contribution >= 0.6 is 11.6 Å². The summed E-state index contributed by atoms with van der Waals surface area (Å²) < 4.78 is 52.2. The molecule has 2 aliphatic heterocycles. The van der Waals surface area contributed by atoms with Crippen molar-refractivity contribution in [1.82, 2.24) is 14.7 Å². The van der Waals surface area contributed by atoms with E-state index in [-0.39, 0.29) is 23.0 Å². The van der Waals surface area contributed by atoms with Gasteiger partial charge in [-0.05, 0) is 12.1 Å². The zero-order chi connectivity index (χ0) is 19.2. The summed E-state index contributed by atoms with van der Waals surface area (Å²) in [5, 5.41) is 6.73. The first-order valence-corrected chi connectivity index (χ1v) is 8.75. The SMILES string of the molecule is O=C(c1nn2c(c1Cl)N[C@@H](c1ccco1)C[C@@H]2C(F)(F)F)N1CCOCC1. The third-order valence-electron chi connectivity index (χ3n) is 4.68. The summed E-state index contributed by atoms with van der Waals surface area (Å²) in [4.78, 5) is 14.2. The normalized spacial score (nSPS) is 23.0. The van der Waals surface area contributed by atoms with Gasteiger partial charge in [-0.3, -0.25) is 4.79 Å². The molecule has 2 atom stereocenters. The van der Waals surface area contributed by atoms with Crippen LogP contribution in [0.1, 0.15) is 34.8 Å². The summed E-state index contributed by atoms with van der Waals surface area (Å²) in [5.41, 5.74) is -0.199. The topological polar surface area (TPSA) is 72.5 Å². The van der Waals surface area contributed by atoms with Crippen LogP contribution in [0.2, 0.25) is 5.02 Å². The molecule has 1 N–H and O–H groups in total. The lowest BCUT2D eigenvalue weighted by Crippen LogP contribution is -2.41. The molecule has 1 saturated heterocycles. The number of nitrogens with zero attached hydrogens (tertiary/aromatic N) is 3. The molecular weight excluding hydrogens is 389 g/mol. The lowest BCUT2D eigenvalue weighted by molar-refractivity contribution is -0.174. The van der Waals surface area contributed by atoms with E-state index < -0.39 is 24.2 Å². The van der Waals surface area contributed by atoms with Crippen LogP contribution in [0.3, 0.4) is 0 Å². The van der Waals surface area contributed by atoms with Crippen molar-refractivity contribution in [3.05, 3.63) is 34.9 Å². The molecule has 0 bridgehead atoms. The van der Waals surface area contributed by atoms with Crippen LogP contribution in [0.25, 0.3) is 0 Å². The average Bonchev–Trinajstić information content (AvgIpc) is 3.29. The molecular formula is C16H16ClF3N4O3. The predicted octanol–water partition coefficient (Wildman–Crippen LogP) is 3.26. The highest BCUT2D eigenvalue weighted by Crippen LogP contribution is 2.46. The van der Waals surface area contributed by atoms with Gasteiger partial charge in [0.2, 0.25) is 0 Å². The third kappa shape index (κ3) is 3.27. The van der Waals surface area contributed by atoms with Crippen molar-refractivity contribution in [3.63, 3.8) is 0 Å². The number of morpholine rings is 1. The molecule has 7 nitrogen and oxygen atoms in total. The Balaban J connectivity index is 1.72. The smallest absolute Gasteiger partial charge is 0.410 e. The maximum absolute atomic E-state index is 13.7. The molecule has 0 unspecified atom stereocenters. The summed E-state index contributed by atoms with van der Waals surface area (Å²) in [5.74, 6) is -0.195. The fourth-order valence-corrected chi connectivity index (χ4v) is 3.58. The molecule has 2 aromatic rings. The van der Waals surface area contributed by atoms with E-state index in [0.717, 1.165) is 4.68 Å². The lowest BCUT2D eigenvalue weighted by Gasteiger charge is -2.32. The first-order valence-electron chi connectivity index (χ1n) is 8.38. The number of carbonyl (C=O) groups excluding carboxylic acids is 1. The number of furan rings is 1. The lowest BCUT2D eigenvalue weighted by atomic mass is 10.0. The molecule has 0 aliphatic carbocycles. The van der Waals surface area contributed by atoms with E-state index in [1.165, 1.54) is 11.2 Å². The highest BCUT2D eigenvalue weighted by atomic mass is 35.5. The number of carbonyl (C=O) groups is 1. The molecule has 1 fully saturated rings. The van der Waals surface area contributed by atoms with Crippen molar-refractivity contribution in [3.8, 4) is 0 Å². The van der Waals surface area contributed by atoms with Crippen LogP contribution in [0, 0.1) is 0 Å². The van der Waals surface area contributed by atoms with Gasteiger partial charge in [0.05, 0.1) is 25.5 Å². The molecule has 0 saturated carbocycles. The zero-order valence-corrected chi connectivity index (χ0v) is 14.8. The molecule has 1 amide bonds. The van der Waals surface area contributed by atoms with E-state index in [4.69, 9.17) is 20.8 Å². The molecule has 0 spiro atoms. The van der Waals surface area contributed by atoms with Crippen molar-refractivity contribution >= 4 is 23.3 Å². The number of aromatic nitrogens is 2. The van der Waals surface area contributed by atoms with Crippen molar-refractivity contribution in [2.24, 2.45) is 0 Å². The fraction of sp³-hybridized carbons (Fsp3) is 0.500. The Morgan fingerprint density at radius 1 is 1.33 bits per heavy atom. The van der Waals surface area contributed by atoms with Crippen molar-refractivity contribution in [1.29, 1.82) is 0 Å². The van der Waals surface area contributed by atoms with E-state index in [0.29, 0.717) is 32.1 Å². The van der Waals surface area contributed by atoms with E-state index >= 15 is 0 Å². The molecule has 0 aromatic carbocycles. The Kier molecular flexibility index (Phi) is 4.55. The molecule has 0 radical (unpaired) electrons. The molecule has 4 rings (SSSR count). The zero-order valence-electron chi connectivity index (χ0n) is 14.0. The number of halogens is 4. The highest BCUT2D eigenvalue weighted by molar-refractivity contribution is 6.36. The molecule has 11 heteroatoms. The van der Waals surface area contributed by atoms with Crippen LogP contribution in [-0.2, 0) is 4.74 Å². The van der Waals surface area contributed by atoms with Crippen LogP contribution in [-0.4, -0.2) is 53.1 Å². The summed E-state index contributed by atoms with van der Waals surface area (Å²) in [6.07, 6.45) is -3.50. The van der Waals surface area contributed by atoms with E-state index in [1.54, 1.807) is 12.1 Å². The Labute approximate surface area is 157 Å². The molecule has 146 valence electrons. The van der Waals surface area contributed by atoms with Gasteiger partial charge in [-0.15, -0.1) is 0 Å². The number of amides is 1. The predicted molar refractivity (Wildman–Crippen MR) is 88.7 cm³/mol. The van der Waals surface area contributed by atoms with E-state index in [9.17, 15) is 18.0 Å². The van der Waals surface area contributed by atoms with Gasteiger partial charge < -0.3 is 19.4 Å². The maximum atomic E-state index is 13.7.